The van der Waals surface area contributed by atoms with E-state index in [1.807, 2.05) is 0 Å². The van der Waals surface area contributed by atoms with Crippen LogP contribution < -0.4 is 0 Å². The maximum atomic E-state index is 8.88. The summed E-state index contributed by atoms with van der Waals surface area (Å²) >= 11 is 0. The summed E-state index contributed by atoms with van der Waals surface area (Å²) < 4.78 is 44.4. The van der Waals surface area contributed by atoms with Gasteiger partial charge in [0.05, 0.1) is 0 Å². The summed E-state index contributed by atoms with van der Waals surface area (Å²) in [5.41, 5.74) is 0. The van der Waals surface area contributed by atoms with Crippen LogP contribution in [0.25, 0.3) is 0 Å². The molecule has 0 aromatic rings. The first kappa shape index (κ1) is 73.1. The van der Waals surface area contributed by atoms with Crippen molar-refractivity contribution >= 4 is 347 Å². The van der Waals surface area contributed by atoms with Gasteiger partial charge in [0.2, 0.25) is 0 Å². The van der Waals surface area contributed by atoms with E-state index in [0.717, 1.165) is 0 Å². The Labute approximate surface area is 430 Å². The fraction of sp³-hybridized carbons (Fsp3) is 0. The van der Waals surface area contributed by atoms with Crippen LogP contribution in [0.1, 0.15) is 0 Å². The molecular weight excluding hydrogens is 709 g/mol. The van der Waals surface area contributed by atoms with Crippen molar-refractivity contribution in [2.24, 2.45) is 0 Å². The van der Waals surface area contributed by atoms with Crippen molar-refractivity contribution in [2.45, 2.75) is 0 Å². The number of hydrogen-bond donors (Lipinski definition) is 15. The molecule has 0 aliphatic heterocycles. The summed E-state index contributed by atoms with van der Waals surface area (Å²) in [5.74, 6) is 0. The van der Waals surface area contributed by atoms with Crippen LogP contribution in [0.15, 0.2) is 0 Å². The molecular formula is H21K6O20P5. The average Bonchev–Trinajstić information content (AvgIpc) is 1.79. The third kappa shape index (κ3) is 553. The monoisotopic (exact) mass is 730 g/mol. The Morgan fingerprint density at radius 3 is 0.226 bits per heavy atom. The van der Waals surface area contributed by atoms with Gasteiger partial charge in [-0.15, -0.1) is 0 Å². The molecule has 0 bridgehead atoms. The first-order chi connectivity index (χ1) is 10.0. The van der Waals surface area contributed by atoms with Gasteiger partial charge in [-0.1, -0.05) is 0 Å². The van der Waals surface area contributed by atoms with E-state index >= 15 is 0 Å². The van der Waals surface area contributed by atoms with Crippen LogP contribution in [0.2, 0.25) is 0 Å². The zero-order valence-corrected chi connectivity index (χ0v) is 15.5. The maximum absolute atomic E-state index is 8.88. The van der Waals surface area contributed by atoms with Gasteiger partial charge < -0.3 is 73.4 Å². The minimum atomic E-state index is -4.64. The Bertz CT molecular complexity index is 387. The normalized spacial score (nSPS) is 9.52. The van der Waals surface area contributed by atoms with Crippen molar-refractivity contribution in [3.05, 3.63) is 0 Å². The molecule has 0 spiro atoms. The molecule has 0 fully saturated rings. The second kappa shape index (κ2) is 38.4. The average molecular weight is 731 g/mol. The van der Waals surface area contributed by atoms with Gasteiger partial charge in [-0.25, -0.2) is 22.8 Å². The Balaban J connectivity index is -0.0000000171. The van der Waals surface area contributed by atoms with Crippen LogP contribution in [-0.4, -0.2) is 382 Å². The summed E-state index contributed by atoms with van der Waals surface area (Å²) in [6.45, 7) is 0. The molecule has 31 heteroatoms. The van der Waals surface area contributed by atoms with Crippen molar-refractivity contribution in [3.8, 4) is 0 Å². The molecule has 0 aliphatic carbocycles. The summed E-state index contributed by atoms with van der Waals surface area (Å²) in [6, 6.07) is 0. The van der Waals surface area contributed by atoms with Gasteiger partial charge in [0.1, 0.15) is 0 Å². The van der Waals surface area contributed by atoms with E-state index in [1.165, 1.54) is 0 Å². The second-order valence-electron chi connectivity index (χ2n) is 2.57. The first-order valence-electron chi connectivity index (χ1n) is 3.91. The summed E-state index contributed by atoms with van der Waals surface area (Å²) in [6.07, 6.45) is 0. The van der Waals surface area contributed by atoms with E-state index in [4.69, 9.17) is 96.2 Å². The molecule has 0 radical (unpaired) electrons. The number of hydrogen-bond acceptors (Lipinski definition) is 5. The van der Waals surface area contributed by atoms with Crippen LogP contribution in [-0.2, 0) is 22.8 Å². The molecule has 0 aromatic heterocycles. The molecule has 0 atom stereocenters. The fourth-order valence-corrected chi connectivity index (χ4v) is 0. The Morgan fingerprint density at radius 2 is 0.226 bits per heavy atom. The van der Waals surface area contributed by atoms with Crippen molar-refractivity contribution in [3.63, 3.8) is 0 Å². The molecule has 0 aromatic carbocycles. The van der Waals surface area contributed by atoms with Gasteiger partial charge in [0, 0.05) is 0 Å². The van der Waals surface area contributed by atoms with Crippen LogP contribution in [0.4, 0.5) is 0 Å². The van der Waals surface area contributed by atoms with Crippen molar-refractivity contribution < 1.29 is 96.2 Å². The van der Waals surface area contributed by atoms with E-state index in [1.54, 1.807) is 0 Å². The van der Waals surface area contributed by atoms with Gasteiger partial charge in [0.25, 0.3) is 0 Å². The van der Waals surface area contributed by atoms with Crippen LogP contribution in [0.5, 0.6) is 0 Å². The second-order valence-corrected chi connectivity index (χ2v) is 7.70. The Hall–Kier alpha value is 10.4. The van der Waals surface area contributed by atoms with E-state index in [9.17, 15) is 0 Å². The minimum absolute atomic E-state index is 0. The third-order valence-electron chi connectivity index (χ3n) is 0. The topological polar surface area (TPSA) is 389 Å². The third-order valence-corrected chi connectivity index (χ3v) is 0. The van der Waals surface area contributed by atoms with Crippen LogP contribution in [0.3, 0.4) is 0 Å². The summed E-state index contributed by atoms with van der Waals surface area (Å²) in [7, 11) is -23.2. The van der Waals surface area contributed by atoms with Gasteiger partial charge in [-0.3, -0.25) is 0 Å². The quantitative estimate of drug-likeness (QED) is 0.0812. The molecule has 0 amide bonds. The zero-order chi connectivity index (χ0) is 22.5. The number of rotatable bonds is 0. The van der Waals surface area contributed by atoms with Gasteiger partial charge in [-0.2, -0.15) is 0 Å². The molecule has 0 saturated heterocycles. The van der Waals surface area contributed by atoms with E-state index in [2.05, 4.69) is 0 Å². The molecule has 15 N–H and O–H groups in total. The number of phosphoric acid groups is 5. The molecule has 172 valence electrons. The first-order valence-corrected chi connectivity index (χ1v) is 11.7. The zero-order valence-electron chi connectivity index (χ0n) is 11.0. The molecule has 0 aliphatic rings. The standard InChI is InChI=1S/6K.5H3O4P.6H/c;;;;;;5*1-5(2,3)4;;;;;;/h;;;;;;5*(H3,1,2,3,4);;;;;;. The van der Waals surface area contributed by atoms with E-state index in [-0.39, 0.29) is 308 Å². The molecule has 0 saturated carbocycles. The Morgan fingerprint density at radius 1 is 0.226 bits per heavy atom. The van der Waals surface area contributed by atoms with Crippen molar-refractivity contribution in [1.29, 1.82) is 0 Å². The van der Waals surface area contributed by atoms with Crippen LogP contribution in [0, 0.1) is 0 Å². The predicted molar refractivity (Wildman–Crippen MR) is 114 cm³/mol. The van der Waals surface area contributed by atoms with Gasteiger partial charge in [-0.05, 0) is 0 Å². The summed E-state index contributed by atoms with van der Waals surface area (Å²) in [4.78, 5) is 108. The van der Waals surface area contributed by atoms with E-state index < -0.39 is 39.1 Å². The molecule has 0 rings (SSSR count). The Kier molecular flexibility index (Phi) is 90.5. The SMILES string of the molecule is O=P(O)(O)O.O=P(O)(O)O.O=P(O)(O)O.O=P(O)(O)O.O=P(O)(O)O.[KH].[KH].[KH].[KH].[KH].[KH]. The van der Waals surface area contributed by atoms with Gasteiger partial charge >= 0.3 is 347 Å². The summed E-state index contributed by atoms with van der Waals surface area (Å²) in [5, 5.41) is 0. The molecule has 20 nitrogen and oxygen atoms in total. The van der Waals surface area contributed by atoms with Crippen molar-refractivity contribution in [1.82, 2.24) is 0 Å². The predicted octanol–water partition coefficient (Wildman–Crippen LogP) is -8.53. The van der Waals surface area contributed by atoms with Crippen LogP contribution >= 0.6 is 39.1 Å². The van der Waals surface area contributed by atoms with Crippen molar-refractivity contribution in [2.75, 3.05) is 0 Å². The van der Waals surface area contributed by atoms with E-state index in [0.29, 0.717) is 0 Å². The molecule has 0 heterocycles. The molecule has 31 heavy (non-hydrogen) atoms. The fourth-order valence-electron chi connectivity index (χ4n) is 0. The molecule has 0 unspecified atom stereocenters. The van der Waals surface area contributed by atoms with Gasteiger partial charge in [0.15, 0.2) is 0 Å².